The molecule has 1 atom stereocenters. The fraction of sp³-hybridized carbons (Fsp3) is 0.533. The van der Waals surface area contributed by atoms with Gasteiger partial charge in [-0.3, -0.25) is 9.69 Å². The second-order valence-corrected chi connectivity index (χ2v) is 6.22. The number of aliphatic hydroxyl groups is 1. The van der Waals surface area contributed by atoms with Crippen LogP contribution in [0.25, 0.3) is 0 Å². The monoisotopic (exact) mass is 297 g/mol. The van der Waals surface area contributed by atoms with E-state index in [1.807, 2.05) is 18.7 Å². The number of hydrogen-bond donors (Lipinski definition) is 1. The second-order valence-electron chi connectivity index (χ2n) is 5.79. The van der Waals surface area contributed by atoms with Gasteiger partial charge in [-0.1, -0.05) is 23.7 Å². The quantitative estimate of drug-likeness (QED) is 0.864. The van der Waals surface area contributed by atoms with Crippen molar-refractivity contribution in [2.75, 3.05) is 26.2 Å². The van der Waals surface area contributed by atoms with E-state index in [0.717, 1.165) is 0 Å². The van der Waals surface area contributed by atoms with Gasteiger partial charge < -0.3 is 9.84 Å². The number of rotatable bonds is 4. The summed E-state index contributed by atoms with van der Waals surface area (Å²) >= 11 is 5.90. The minimum absolute atomic E-state index is 0.0295. The summed E-state index contributed by atoms with van der Waals surface area (Å²) in [5.74, 6) is 0.0295. The summed E-state index contributed by atoms with van der Waals surface area (Å²) in [5.41, 5.74) is 0.252. The molecule has 4 nitrogen and oxygen atoms in total. The number of carbonyl (C=O) groups excluding carboxylic acids is 1. The highest BCUT2D eigenvalue weighted by molar-refractivity contribution is 6.31. The Bertz CT molecular complexity index is 490. The van der Waals surface area contributed by atoms with Crippen LogP contribution in [0.3, 0.4) is 0 Å². The Hall–Kier alpha value is -0.940. The van der Waals surface area contributed by atoms with E-state index in [4.69, 9.17) is 16.3 Å². The Morgan fingerprint density at radius 1 is 1.55 bits per heavy atom. The molecule has 0 aliphatic carbocycles. The molecule has 1 aromatic rings. The summed E-state index contributed by atoms with van der Waals surface area (Å²) in [7, 11) is 0. The SMILES string of the molecule is CC1(C)CN(CC(=O)c2cccc(Cl)c2)CC(CO)O1. The van der Waals surface area contributed by atoms with Crippen molar-refractivity contribution < 1.29 is 14.6 Å². The van der Waals surface area contributed by atoms with E-state index in [1.165, 1.54) is 0 Å². The van der Waals surface area contributed by atoms with Gasteiger partial charge in [-0.15, -0.1) is 0 Å². The first kappa shape index (κ1) is 15.4. The maximum absolute atomic E-state index is 12.3. The molecular formula is C15H20ClNO3. The van der Waals surface area contributed by atoms with E-state index in [2.05, 4.69) is 0 Å². The minimum atomic E-state index is -0.361. The molecule has 1 saturated heterocycles. The molecule has 5 heteroatoms. The van der Waals surface area contributed by atoms with E-state index >= 15 is 0 Å². The van der Waals surface area contributed by atoms with Crippen LogP contribution in [0.5, 0.6) is 0 Å². The number of morpholine rings is 1. The fourth-order valence-corrected chi connectivity index (χ4v) is 2.78. The van der Waals surface area contributed by atoms with Gasteiger partial charge in [0.1, 0.15) is 0 Å². The lowest BCUT2D eigenvalue weighted by Crippen LogP contribution is -2.54. The number of carbonyl (C=O) groups is 1. The summed E-state index contributed by atoms with van der Waals surface area (Å²) in [6, 6.07) is 6.97. The Morgan fingerprint density at radius 3 is 2.95 bits per heavy atom. The summed E-state index contributed by atoms with van der Waals surface area (Å²) in [5, 5.41) is 9.84. The molecule has 1 aliphatic heterocycles. The number of hydrogen-bond acceptors (Lipinski definition) is 4. The lowest BCUT2D eigenvalue weighted by molar-refractivity contribution is -0.146. The molecule has 2 rings (SSSR count). The van der Waals surface area contributed by atoms with Crippen molar-refractivity contribution in [1.29, 1.82) is 0 Å². The highest BCUT2D eigenvalue weighted by atomic mass is 35.5. The molecule has 0 saturated carbocycles. The summed E-state index contributed by atoms with van der Waals surface area (Å²) in [6.45, 7) is 5.42. The van der Waals surface area contributed by atoms with Crippen LogP contribution in [0.1, 0.15) is 24.2 Å². The Morgan fingerprint density at radius 2 is 2.30 bits per heavy atom. The van der Waals surface area contributed by atoms with Crippen LogP contribution in [-0.2, 0) is 4.74 Å². The predicted molar refractivity (Wildman–Crippen MR) is 78.3 cm³/mol. The van der Waals surface area contributed by atoms with Crippen LogP contribution < -0.4 is 0 Å². The van der Waals surface area contributed by atoms with Crippen molar-refractivity contribution in [2.24, 2.45) is 0 Å². The number of benzene rings is 1. The molecule has 0 bridgehead atoms. The number of aliphatic hydroxyl groups excluding tert-OH is 1. The van der Waals surface area contributed by atoms with Crippen molar-refractivity contribution in [1.82, 2.24) is 4.90 Å². The van der Waals surface area contributed by atoms with Gasteiger partial charge in [0.15, 0.2) is 5.78 Å². The van der Waals surface area contributed by atoms with Gasteiger partial charge in [0.05, 0.1) is 24.9 Å². The van der Waals surface area contributed by atoms with E-state index < -0.39 is 0 Å². The topological polar surface area (TPSA) is 49.8 Å². The van der Waals surface area contributed by atoms with Crippen LogP contribution in [-0.4, -0.2) is 53.7 Å². The van der Waals surface area contributed by atoms with Gasteiger partial charge in [0.25, 0.3) is 0 Å². The minimum Gasteiger partial charge on any atom is -0.394 e. The average molecular weight is 298 g/mol. The van der Waals surface area contributed by atoms with Crippen LogP contribution in [0.4, 0.5) is 0 Å². The molecule has 0 spiro atoms. The van der Waals surface area contributed by atoms with Gasteiger partial charge in [0.2, 0.25) is 0 Å². The fourth-order valence-electron chi connectivity index (χ4n) is 2.59. The van der Waals surface area contributed by atoms with E-state index in [0.29, 0.717) is 30.2 Å². The van der Waals surface area contributed by atoms with Gasteiger partial charge in [-0.2, -0.15) is 0 Å². The number of halogens is 1. The molecule has 0 radical (unpaired) electrons. The Labute approximate surface area is 124 Å². The third-order valence-electron chi connectivity index (χ3n) is 3.27. The van der Waals surface area contributed by atoms with Gasteiger partial charge >= 0.3 is 0 Å². The molecule has 0 aromatic heterocycles. The summed E-state index contributed by atoms with van der Waals surface area (Å²) < 4.78 is 5.74. The highest BCUT2D eigenvalue weighted by Gasteiger charge is 2.33. The molecule has 1 aliphatic rings. The molecule has 20 heavy (non-hydrogen) atoms. The van der Waals surface area contributed by atoms with Crippen LogP contribution in [0.2, 0.25) is 5.02 Å². The molecule has 1 unspecified atom stereocenters. The maximum Gasteiger partial charge on any atom is 0.176 e. The van der Waals surface area contributed by atoms with Crippen LogP contribution in [0, 0.1) is 0 Å². The van der Waals surface area contributed by atoms with Gasteiger partial charge in [-0.05, 0) is 26.0 Å². The van der Waals surface area contributed by atoms with Gasteiger partial charge in [-0.25, -0.2) is 0 Å². The van der Waals surface area contributed by atoms with E-state index in [1.54, 1.807) is 24.3 Å². The van der Waals surface area contributed by atoms with Crippen LogP contribution >= 0.6 is 11.6 Å². The number of nitrogens with zero attached hydrogens (tertiary/aromatic N) is 1. The van der Waals surface area contributed by atoms with Crippen LogP contribution in [0.15, 0.2) is 24.3 Å². The largest absolute Gasteiger partial charge is 0.394 e. The Kier molecular flexibility index (Phi) is 4.81. The first-order valence-electron chi connectivity index (χ1n) is 6.69. The number of Topliss-reactive ketones (excluding diaryl/α,β-unsaturated/α-hetero) is 1. The first-order chi connectivity index (χ1) is 9.39. The van der Waals surface area contributed by atoms with E-state index in [-0.39, 0.29) is 24.1 Å². The molecule has 110 valence electrons. The van der Waals surface area contributed by atoms with E-state index in [9.17, 15) is 9.90 Å². The molecule has 1 heterocycles. The first-order valence-corrected chi connectivity index (χ1v) is 7.07. The predicted octanol–water partition coefficient (Wildman–Crippen LogP) is 1.99. The van der Waals surface area contributed by atoms with Crippen molar-refractivity contribution in [3.05, 3.63) is 34.9 Å². The second kappa shape index (κ2) is 6.22. The number of ether oxygens (including phenoxy) is 1. The molecule has 1 N–H and O–H groups in total. The Balaban J connectivity index is 2.03. The standard InChI is InChI=1S/C15H20ClNO3/c1-15(2)10-17(7-13(9-18)20-15)8-14(19)11-4-3-5-12(16)6-11/h3-6,13,18H,7-10H2,1-2H3. The summed E-state index contributed by atoms with van der Waals surface area (Å²) in [4.78, 5) is 14.3. The molecule has 0 amide bonds. The maximum atomic E-state index is 12.3. The van der Waals surface area contributed by atoms with Crippen molar-refractivity contribution in [2.45, 2.75) is 25.6 Å². The van der Waals surface area contributed by atoms with Crippen molar-refractivity contribution in [3.8, 4) is 0 Å². The lowest BCUT2D eigenvalue weighted by Gasteiger charge is -2.42. The third-order valence-corrected chi connectivity index (χ3v) is 3.50. The molecule has 1 aromatic carbocycles. The van der Waals surface area contributed by atoms with Gasteiger partial charge in [0, 0.05) is 23.7 Å². The molecular weight excluding hydrogens is 278 g/mol. The molecule has 1 fully saturated rings. The zero-order valence-electron chi connectivity index (χ0n) is 11.8. The highest BCUT2D eigenvalue weighted by Crippen LogP contribution is 2.21. The summed E-state index contributed by atoms with van der Waals surface area (Å²) in [6.07, 6.45) is -0.245. The van der Waals surface area contributed by atoms with Crippen molar-refractivity contribution >= 4 is 17.4 Å². The average Bonchev–Trinajstić information content (AvgIpc) is 2.36. The zero-order valence-corrected chi connectivity index (χ0v) is 12.6. The zero-order chi connectivity index (χ0) is 14.8. The third kappa shape index (κ3) is 4.03. The normalized spacial score (nSPS) is 22.7. The lowest BCUT2D eigenvalue weighted by atomic mass is 10.0. The van der Waals surface area contributed by atoms with Crippen molar-refractivity contribution in [3.63, 3.8) is 0 Å². The number of ketones is 1. The smallest absolute Gasteiger partial charge is 0.176 e.